The molecule has 5 aromatic rings. The molecule has 2 saturated heterocycles. The Morgan fingerprint density at radius 3 is 2.50 bits per heavy atom. The predicted octanol–water partition coefficient (Wildman–Crippen LogP) is 6.18. The van der Waals surface area contributed by atoms with E-state index < -0.39 is 0 Å². The van der Waals surface area contributed by atoms with Crippen molar-refractivity contribution in [2.45, 2.75) is 37.8 Å². The molecular weight excluding hydrogens is 630 g/mol. The number of fused-ring (bicyclic) bond motifs is 1. The van der Waals surface area contributed by atoms with Gasteiger partial charge in [0, 0.05) is 73.2 Å². The summed E-state index contributed by atoms with van der Waals surface area (Å²) in [6.45, 7) is 9.61. The lowest BCUT2D eigenvalue weighted by Crippen LogP contribution is -2.53. The first-order valence-electron chi connectivity index (χ1n) is 17.5. The van der Waals surface area contributed by atoms with Crippen molar-refractivity contribution in [3.63, 3.8) is 0 Å². The summed E-state index contributed by atoms with van der Waals surface area (Å²) in [7, 11) is 3.85. The van der Waals surface area contributed by atoms with E-state index in [0.717, 1.165) is 68.7 Å². The van der Waals surface area contributed by atoms with Crippen LogP contribution in [0.1, 0.15) is 31.7 Å². The topological polar surface area (TPSA) is 117 Å². The second-order valence-electron chi connectivity index (χ2n) is 13.4. The molecule has 1 amide bonds. The zero-order valence-electron chi connectivity index (χ0n) is 28.6. The molecule has 3 fully saturated rings. The summed E-state index contributed by atoms with van der Waals surface area (Å²) in [5, 5.41) is 7.54. The molecule has 1 aliphatic carbocycles. The van der Waals surface area contributed by atoms with Crippen molar-refractivity contribution in [1.29, 1.82) is 0 Å². The Labute approximate surface area is 291 Å². The van der Waals surface area contributed by atoms with E-state index in [4.69, 9.17) is 19.1 Å². The van der Waals surface area contributed by atoms with Crippen molar-refractivity contribution in [3.05, 3.63) is 73.9 Å². The number of anilines is 4. The number of nitrogens with zero attached hydrogens (tertiary/aromatic N) is 7. The number of amides is 1. The van der Waals surface area contributed by atoms with Crippen LogP contribution in [-0.2, 0) is 4.79 Å². The van der Waals surface area contributed by atoms with E-state index in [2.05, 4.69) is 72.9 Å². The van der Waals surface area contributed by atoms with Crippen LogP contribution in [0.5, 0.6) is 5.75 Å². The Balaban J connectivity index is 1.13. The molecule has 12 heteroatoms. The van der Waals surface area contributed by atoms with E-state index in [-0.39, 0.29) is 5.91 Å². The molecule has 258 valence electrons. The van der Waals surface area contributed by atoms with Crippen molar-refractivity contribution in [1.82, 2.24) is 29.3 Å². The van der Waals surface area contributed by atoms with Gasteiger partial charge in [-0.15, -0.1) is 0 Å². The summed E-state index contributed by atoms with van der Waals surface area (Å²) in [5.74, 6) is 1.15. The molecule has 0 atom stereocenters. The molecule has 2 N–H and O–H groups in total. The van der Waals surface area contributed by atoms with Crippen LogP contribution in [0.4, 0.5) is 23.0 Å². The van der Waals surface area contributed by atoms with Gasteiger partial charge in [-0.2, -0.15) is 0 Å². The number of methoxy groups -OCH3 is 1. The predicted molar refractivity (Wildman–Crippen MR) is 196 cm³/mol. The Bertz CT molecular complexity index is 2000. The summed E-state index contributed by atoms with van der Waals surface area (Å²) >= 11 is 0. The number of aromatic nitrogens is 4. The van der Waals surface area contributed by atoms with Crippen molar-refractivity contribution >= 4 is 39.8 Å². The van der Waals surface area contributed by atoms with E-state index in [9.17, 15) is 4.79 Å². The number of rotatable bonds is 10. The maximum absolute atomic E-state index is 12.7. The zero-order valence-corrected chi connectivity index (χ0v) is 28.6. The second kappa shape index (κ2) is 13.6. The van der Waals surface area contributed by atoms with Gasteiger partial charge in [0.1, 0.15) is 12.0 Å². The maximum atomic E-state index is 12.7. The summed E-state index contributed by atoms with van der Waals surface area (Å²) in [6, 6.07) is 13.4. The number of carbonyl (C=O) groups is 1. The molecule has 1 saturated carbocycles. The molecule has 3 aliphatic rings. The number of ether oxygens (including phenoxy) is 1. The number of piperidine rings is 1. The highest BCUT2D eigenvalue weighted by Crippen LogP contribution is 2.44. The molecule has 12 nitrogen and oxygen atoms in total. The lowest BCUT2D eigenvalue weighted by molar-refractivity contribution is -0.111. The second-order valence-corrected chi connectivity index (χ2v) is 13.4. The van der Waals surface area contributed by atoms with Crippen LogP contribution in [0.25, 0.3) is 33.6 Å². The van der Waals surface area contributed by atoms with E-state index in [1.807, 2.05) is 18.2 Å². The van der Waals surface area contributed by atoms with Crippen LogP contribution in [0.2, 0.25) is 0 Å². The van der Waals surface area contributed by atoms with Gasteiger partial charge in [-0.3, -0.25) is 9.69 Å². The highest BCUT2D eigenvalue weighted by Gasteiger charge is 2.30. The van der Waals surface area contributed by atoms with Gasteiger partial charge < -0.3 is 34.2 Å². The lowest BCUT2D eigenvalue weighted by Gasteiger charge is -2.43. The molecule has 50 heavy (non-hydrogen) atoms. The molecule has 2 aromatic carbocycles. The summed E-state index contributed by atoms with van der Waals surface area (Å²) < 4.78 is 14.0. The van der Waals surface area contributed by atoms with E-state index >= 15 is 0 Å². The average Bonchev–Trinajstić information content (AvgIpc) is 3.70. The fraction of sp³-hybridized carbons (Fsp3) is 0.368. The van der Waals surface area contributed by atoms with Crippen molar-refractivity contribution in [2.75, 3.05) is 69.0 Å². The monoisotopic (exact) mass is 673 g/mol. The first kappa shape index (κ1) is 32.0. The molecule has 2 aliphatic heterocycles. The number of hydrogen-bond acceptors (Lipinski definition) is 10. The van der Waals surface area contributed by atoms with Gasteiger partial charge in [-0.05, 0) is 64.0 Å². The van der Waals surface area contributed by atoms with Crippen LogP contribution >= 0.6 is 0 Å². The number of hydrogen-bond donors (Lipinski definition) is 2. The fourth-order valence-corrected chi connectivity index (χ4v) is 7.40. The Morgan fingerprint density at radius 2 is 1.78 bits per heavy atom. The SMILES string of the molecule is C=CC(=O)Nc1cc(Nc2ncc(-c3ncco3)c(-c3cn(C4CC4)c4ccccc34)n2)c(OC)cc1N1CCN(C2CCN(C)CC2)CC1. The van der Waals surface area contributed by atoms with Crippen LogP contribution in [0.3, 0.4) is 0 Å². The quantitative estimate of drug-likeness (QED) is 0.167. The summed E-state index contributed by atoms with van der Waals surface area (Å²) in [6.07, 6.45) is 13.1. The number of benzene rings is 2. The third-order valence-electron chi connectivity index (χ3n) is 10.3. The Kier molecular flexibility index (Phi) is 8.71. The Morgan fingerprint density at radius 1 is 0.980 bits per heavy atom. The van der Waals surface area contributed by atoms with Crippen LogP contribution in [-0.4, -0.2) is 94.7 Å². The molecule has 0 radical (unpaired) electrons. The molecular formula is C38H43N9O3. The van der Waals surface area contributed by atoms with E-state index in [1.165, 1.54) is 24.4 Å². The number of carbonyl (C=O) groups excluding carboxylic acids is 1. The number of para-hydroxylation sites is 1. The highest BCUT2D eigenvalue weighted by molar-refractivity contribution is 6.02. The van der Waals surface area contributed by atoms with Crippen LogP contribution in [0.15, 0.2) is 78.3 Å². The molecule has 3 aromatic heterocycles. The zero-order chi connectivity index (χ0) is 34.2. The minimum atomic E-state index is -0.284. The van der Waals surface area contributed by atoms with Gasteiger partial charge in [-0.25, -0.2) is 15.0 Å². The van der Waals surface area contributed by atoms with Crippen LogP contribution in [0, 0.1) is 0 Å². The van der Waals surface area contributed by atoms with Gasteiger partial charge in [0.25, 0.3) is 0 Å². The van der Waals surface area contributed by atoms with Gasteiger partial charge >= 0.3 is 0 Å². The molecule has 5 heterocycles. The largest absolute Gasteiger partial charge is 0.494 e. The van der Waals surface area contributed by atoms with Gasteiger partial charge in [0.05, 0.1) is 41.6 Å². The molecule has 8 rings (SSSR count). The highest BCUT2D eigenvalue weighted by atomic mass is 16.5. The van der Waals surface area contributed by atoms with Crippen molar-refractivity contribution in [2.24, 2.45) is 0 Å². The lowest BCUT2D eigenvalue weighted by atomic mass is 10.0. The van der Waals surface area contributed by atoms with Gasteiger partial charge in [-0.1, -0.05) is 24.8 Å². The maximum Gasteiger partial charge on any atom is 0.247 e. The number of piperazine rings is 1. The van der Waals surface area contributed by atoms with Crippen LogP contribution < -0.4 is 20.3 Å². The summed E-state index contributed by atoms with van der Waals surface area (Å²) in [5.41, 5.74) is 5.74. The summed E-state index contributed by atoms with van der Waals surface area (Å²) in [4.78, 5) is 34.2. The average molecular weight is 674 g/mol. The number of likely N-dealkylation sites (tertiary alicyclic amines) is 1. The minimum Gasteiger partial charge on any atom is -0.494 e. The van der Waals surface area contributed by atoms with Crippen molar-refractivity contribution in [3.8, 4) is 28.5 Å². The number of nitrogens with one attached hydrogen (secondary N) is 2. The smallest absolute Gasteiger partial charge is 0.247 e. The standard InChI is InChI=1S/C38H43N9O3/c1-4-35(48)41-30-21-31(34(49-3)22-33(30)46-18-16-45(17-19-46)25-11-14-44(2)15-12-25)42-38-40-23-28(37-39-13-20-50-37)36(43-38)29-24-47(26-9-10-26)32-8-6-5-7-27(29)32/h4-8,13,20-26H,1,9-12,14-19H2,2-3H3,(H,41,48)(H,40,42,43). The van der Waals surface area contributed by atoms with Gasteiger partial charge in [0.2, 0.25) is 17.7 Å². The van der Waals surface area contributed by atoms with E-state index in [0.29, 0.717) is 52.3 Å². The molecule has 0 unspecified atom stereocenters. The van der Waals surface area contributed by atoms with E-state index in [1.54, 1.807) is 25.8 Å². The Hall–Kier alpha value is -5.20. The number of oxazole rings is 1. The first-order valence-corrected chi connectivity index (χ1v) is 17.5. The minimum absolute atomic E-state index is 0.284. The fourth-order valence-electron chi connectivity index (χ4n) is 7.40. The normalized spacial score (nSPS) is 17.6. The molecule has 0 bridgehead atoms. The third-order valence-corrected chi connectivity index (χ3v) is 10.3. The first-order chi connectivity index (χ1) is 24.5. The third kappa shape index (κ3) is 6.32. The van der Waals surface area contributed by atoms with Crippen molar-refractivity contribution < 1.29 is 13.9 Å². The molecule has 0 spiro atoms. The van der Waals surface area contributed by atoms with Gasteiger partial charge in [0.15, 0.2) is 0 Å².